The number of halogens is 1. The number of fused-ring (bicyclic) bond motifs is 1. The summed E-state index contributed by atoms with van der Waals surface area (Å²) in [6, 6.07) is 4.07. The molecule has 3 rings (SSSR count). The van der Waals surface area contributed by atoms with Gasteiger partial charge in [0, 0.05) is 11.4 Å². The number of imide groups is 1. The van der Waals surface area contributed by atoms with E-state index >= 15 is 0 Å². The number of likely N-dealkylation sites (tertiary alicyclic amines) is 1. The monoisotopic (exact) mass is 368 g/mol. The van der Waals surface area contributed by atoms with E-state index in [1.807, 2.05) is 30.2 Å². The minimum atomic E-state index is -0.133. The molecule has 1 aromatic heterocycles. The first-order valence-corrected chi connectivity index (χ1v) is 8.60. The summed E-state index contributed by atoms with van der Waals surface area (Å²) in [5.74, 6) is -0.277. The fourth-order valence-electron chi connectivity index (χ4n) is 3.00. The lowest BCUT2D eigenvalue weighted by atomic mass is 9.85. The van der Waals surface area contributed by atoms with Gasteiger partial charge in [-0.3, -0.25) is 19.4 Å². The van der Waals surface area contributed by atoms with Crippen LogP contribution in [0.2, 0.25) is 0 Å². The molecule has 0 bridgehead atoms. The van der Waals surface area contributed by atoms with E-state index in [0.29, 0.717) is 19.5 Å². The molecule has 0 spiro atoms. The number of allylic oxidation sites excluding steroid dienone is 2. The molecule has 2 atom stereocenters. The molecule has 0 radical (unpaired) electrons. The molecule has 1 saturated heterocycles. The molecule has 21 heavy (non-hydrogen) atoms. The number of thiophene rings is 1. The number of nitrogens with zero attached hydrogens (tertiary/aromatic N) is 2. The Morgan fingerprint density at radius 2 is 1.86 bits per heavy atom. The third-order valence-electron chi connectivity index (χ3n) is 4.04. The van der Waals surface area contributed by atoms with Gasteiger partial charge in [-0.25, -0.2) is 0 Å². The third kappa shape index (κ3) is 2.98. The Labute approximate surface area is 136 Å². The number of amides is 2. The highest BCUT2D eigenvalue weighted by Crippen LogP contribution is 2.35. The molecular formula is C15H17BrN2O2S. The van der Waals surface area contributed by atoms with Crippen molar-refractivity contribution in [2.75, 3.05) is 13.7 Å². The molecule has 1 fully saturated rings. The second-order valence-corrected chi connectivity index (χ2v) is 8.17. The molecule has 1 aliphatic carbocycles. The van der Waals surface area contributed by atoms with Gasteiger partial charge in [-0.15, -0.1) is 11.3 Å². The summed E-state index contributed by atoms with van der Waals surface area (Å²) in [6.45, 7) is 1.11. The predicted octanol–water partition coefficient (Wildman–Crippen LogP) is 2.85. The van der Waals surface area contributed by atoms with Crippen LogP contribution in [-0.4, -0.2) is 35.3 Å². The van der Waals surface area contributed by atoms with E-state index in [1.165, 1.54) is 9.78 Å². The second-order valence-electron chi connectivity index (χ2n) is 5.62. The topological polar surface area (TPSA) is 40.6 Å². The van der Waals surface area contributed by atoms with E-state index in [2.05, 4.69) is 22.0 Å². The van der Waals surface area contributed by atoms with Crippen molar-refractivity contribution in [2.24, 2.45) is 11.8 Å². The van der Waals surface area contributed by atoms with Gasteiger partial charge in [0.05, 0.1) is 22.3 Å². The van der Waals surface area contributed by atoms with Crippen LogP contribution in [0.4, 0.5) is 0 Å². The Hall–Kier alpha value is -0.980. The van der Waals surface area contributed by atoms with Crippen molar-refractivity contribution < 1.29 is 9.59 Å². The Bertz CT molecular complexity index is 572. The van der Waals surface area contributed by atoms with E-state index < -0.39 is 0 Å². The fourth-order valence-corrected chi connectivity index (χ4v) is 4.57. The van der Waals surface area contributed by atoms with Crippen LogP contribution in [-0.2, 0) is 16.1 Å². The molecule has 2 amide bonds. The highest BCUT2D eigenvalue weighted by atomic mass is 79.9. The molecule has 0 saturated carbocycles. The van der Waals surface area contributed by atoms with Gasteiger partial charge in [0.1, 0.15) is 0 Å². The average Bonchev–Trinajstić information content (AvgIpc) is 2.97. The van der Waals surface area contributed by atoms with Crippen molar-refractivity contribution in [3.05, 3.63) is 32.9 Å². The lowest BCUT2D eigenvalue weighted by Crippen LogP contribution is -2.39. The SMILES string of the molecule is CN(Cc1ccc(Br)s1)CN1C(=O)[C@H]2CC=CC[C@@H]2C1=O. The summed E-state index contributed by atoms with van der Waals surface area (Å²) in [4.78, 5) is 29.4. The van der Waals surface area contributed by atoms with Crippen LogP contribution in [0.5, 0.6) is 0 Å². The van der Waals surface area contributed by atoms with Crippen LogP contribution in [0.25, 0.3) is 0 Å². The third-order valence-corrected chi connectivity index (χ3v) is 5.64. The minimum Gasteiger partial charge on any atom is -0.284 e. The molecular weight excluding hydrogens is 352 g/mol. The van der Waals surface area contributed by atoms with Crippen LogP contribution < -0.4 is 0 Å². The van der Waals surface area contributed by atoms with Crippen LogP contribution in [0.3, 0.4) is 0 Å². The molecule has 6 heteroatoms. The van der Waals surface area contributed by atoms with Gasteiger partial charge in [-0.2, -0.15) is 0 Å². The van der Waals surface area contributed by atoms with Gasteiger partial charge in [-0.05, 0) is 48.0 Å². The zero-order valence-corrected chi connectivity index (χ0v) is 14.2. The maximum Gasteiger partial charge on any atom is 0.234 e. The van der Waals surface area contributed by atoms with Gasteiger partial charge in [0.15, 0.2) is 0 Å². The zero-order valence-electron chi connectivity index (χ0n) is 11.8. The zero-order chi connectivity index (χ0) is 15.0. The first-order chi connectivity index (χ1) is 10.1. The molecule has 0 N–H and O–H groups in total. The van der Waals surface area contributed by atoms with Gasteiger partial charge in [0.2, 0.25) is 11.8 Å². The van der Waals surface area contributed by atoms with Crippen molar-refractivity contribution in [2.45, 2.75) is 19.4 Å². The van der Waals surface area contributed by atoms with Crippen molar-refractivity contribution in [1.82, 2.24) is 9.80 Å². The van der Waals surface area contributed by atoms with Gasteiger partial charge in [0.25, 0.3) is 0 Å². The number of hydrogen-bond donors (Lipinski definition) is 0. The minimum absolute atomic E-state index is 0.00596. The number of hydrogen-bond acceptors (Lipinski definition) is 4. The summed E-state index contributed by atoms with van der Waals surface area (Å²) >= 11 is 5.12. The van der Waals surface area contributed by atoms with Crippen LogP contribution in [0.15, 0.2) is 28.1 Å². The second kappa shape index (κ2) is 6.02. The quantitative estimate of drug-likeness (QED) is 0.605. The fraction of sp³-hybridized carbons (Fsp3) is 0.467. The summed E-state index contributed by atoms with van der Waals surface area (Å²) in [5, 5.41) is 0. The smallest absolute Gasteiger partial charge is 0.234 e. The maximum atomic E-state index is 12.4. The molecule has 2 heterocycles. The van der Waals surface area contributed by atoms with Gasteiger partial charge in [-0.1, -0.05) is 12.2 Å². The normalized spacial score (nSPS) is 25.0. The molecule has 1 aliphatic heterocycles. The number of rotatable bonds is 4. The molecule has 2 aliphatic rings. The van der Waals surface area contributed by atoms with Gasteiger partial charge >= 0.3 is 0 Å². The summed E-state index contributed by atoms with van der Waals surface area (Å²) in [5.41, 5.74) is 0. The lowest BCUT2D eigenvalue weighted by Gasteiger charge is -2.22. The Kier molecular flexibility index (Phi) is 4.28. The van der Waals surface area contributed by atoms with E-state index in [-0.39, 0.29) is 23.7 Å². The molecule has 112 valence electrons. The average molecular weight is 369 g/mol. The largest absolute Gasteiger partial charge is 0.284 e. The Morgan fingerprint density at radius 1 is 1.24 bits per heavy atom. The molecule has 0 unspecified atom stereocenters. The van der Waals surface area contributed by atoms with Gasteiger partial charge < -0.3 is 0 Å². The van der Waals surface area contributed by atoms with Crippen molar-refractivity contribution in [1.29, 1.82) is 0 Å². The van der Waals surface area contributed by atoms with Crippen molar-refractivity contribution >= 4 is 39.1 Å². The highest BCUT2D eigenvalue weighted by Gasteiger charge is 2.47. The Balaban J connectivity index is 1.64. The number of carbonyl (C=O) groups excluding carboxylic acids is 2. The molecule has 0 aromatic carbocycles. The summed E-state index contributed by atoms with van der Waals surface area (Å²) in [6.07, 6.45) is 5.44. The van der Waals surface area contributed by atoms with Crippen LogP contribution in [0, 0.1) is 11.8 Å². The highest BCUT2D eigenvalue weighted by molar-refractivity contribution is 9.11. The summed E-state index contributed by atoms with van der Waals surface area (Å²) in [7, 11) is 1.94. The standard InChI is InChI=1S/C15H17BrN2O2S/c1-17(8-10-6-7-13(16)21-10)9-18-14(19)11-4-2-3-5-12(11)15(18)20/h2-3,6-7,11-12H,4-5,8-9H2,1H3/t11-,12-/m0/s1. The van der Waals surface area contributed by atoms with E-state index in [1.54, 1.807) is 11.3 Å². The predicted molar refractivity (Wildman–Crippen MR) is 85.6 cm³/mol. The Morgan fingerprint density at radius 3 is 2.38 bits per heavy atom. The van der Waals surface area contributed by atoms with E-state index in [4.69, 9.17) is 0 Å². The lowest BCUT2D eigenvalue weighted by molar-refractivity contribution is -0.142. The van der Waals surface area contributed by atoms with Crippen molar-refractivity contribution in [3.63, 3.8) is 0 Å². The van der Waals surface area contributed by atoms with Crippen LogP contribution in [0.1, 0.15) is 17.7 Å². The van der Waals surface area contributed by atoms with Crippen molar-refractivity contribution in [3.8, 4) is 0 Å². The maximum absolute atomic E-state index is 12.4. The van der Waals surface area contributed by atoms with E-state index in [9.17, 15) is 9.59 Å². The van der Waals surface area contributed by atoms with Crippen LogP contribution >= 0.6 is 27.3 Å². The molecule has 4 nitrogen and oxygen atoms in total. The summed E-state index contributed by atoms with van der Waals surface area (Å²) < 4.78 is 1.09. The van der Waals surface area contributed by atoms with E-state index in [0.717, 1.165) is 10.3 Å². The first-order valence-electron chi connectivity index (χ1n) is 6.99. The number of carbonyl (C=O) groups is 2. The molecule has 1 aromatic rings. The first kappa shape index (κ1) is 14.9.